The first-order valence-corrected chi connectivity index (χ1v) is 9.66. The summed E-state index contributed by atoms with van der Waals surface area (Å²) < 4.78 is 11.1. The number of benzene rings is 2. The molecule has 2 amide bonds. The SMILES string of the molecule is O=C(CCC1CCCO1)NNC(=O)c1ccc(COc2ccc(Cl)cc2)cc1. The summed E-state index contributed by atoms with van der Waals surface area (Å²) in [4.78, 5) is 24.0. The second kappa shape index (κ2) is 10.1. The first-order valence-electron chi connectivity index (χ1n) is 9.28. The van der Waals surface area contributed by atoms with Crippen molar-refractivity contribution in [3.05, 3.63) is 64.7 Å². The summed E-state index contributed by atoms with van der Waals surface area (Å²) in [5, 5.41) is 0.654. The van der Waals surface area contributed by atoms with Gasteiger partial charge in [-0.05, 0) is 61.2 Å². The molecule has 3 rings (SSSR count). The Balaban J connectivity index is 1.40. The monoisotopic (exact) mass is 402 g/mol. The topological polar surface area (TPSA) is 76.7 Å². The lowest BCUT2D eigenvalue weighted by molar-refractivity contribution is -0.122. The molecule has 1 atom stereocenters. The molecule has 1 unspecified atom stereocenters. The summed E-state index contributed by atoms with van der Waals surface area (Å²) in [6.45, 7) is 1.15. The van der Waals surface area contributed by atoms with Crippen LogP contribution in [0, 0.1) is 0 Å². The lowest BCUT2D eigenvalue weighted by atomic mass is 10.1. The molecule has 1 heterocycles. The standard InChI is InChI=1S/C21H23ClN2O4/c22-17-7-9-19(10-8-17)28-14-15-3-5-16(6-4-15)21(26)24-23-20(25)12-11-18-2-1-13-27-18/h3-10,18H,1-2,11-14H2,(H,23,25)(H,24,26). The summed E-state index contributed by atoms with van der Waals surface area (Å²) in [7, 11) is 0. The van der Waals surface area contributed by atoms with Crippen LogP contribution in [-0.2, 0) is 16.1 Å². The Morgan fingerprint density at radius 1 is 1.07 bits per heavy atom. The van der Waals surface area contributed by atoms with Crippen LogP contribution in [0.1, 0.15) is 41.6 Å². The van der Waals surface area contributed by atoms with Gasteiger partial charge in [0, 0.05) is 23.6 Å². The normalized spacial score (nSPS) is 15.8. The predicted octanol–water partition coefficient (Wildman–Crippen LogP) is 3.64. The summed E-state index contributed by atoms with van der Waals surface area (Å²) >= 11 is 5.84. The zero-order chi connectivity index (χ0) is 19.8. The van der Waals surface area contributed by atoms with E-state index in [1.807, 2.05) is 12.1 Å². The van der Waals surface area contributed by atoms with Crippen molar-refractivity contribution in [2.24, 2.45) is 0 Å². The lowest BCUT2D eigenvalue weighted by Gasteiger charge is -2.11. The zero-order valence-electron chi connectivity index (χ0n) is 15.4. The summed E-state index contributed by atoms with van der Waals surface area (Å²) in [6.07, 6.45) is 3.19. The minimum atomic E-state index is -0.365. The number of rotatable bonds is 7. The summed E-state index contributed by atoms with van der Waals surface area (Å²) in [6, 6.07) is 14.1. The van der Waals surface area contributed by atoms with Crippen LogP contribution in [0.15, 0.2) is 48.5 Å². The predicted molar refractivity (Wildman–Crippen MR) is 106 cm³/mol. The fraction of sp³-hybridized carbons (Fsp3) is 0.333. The van der Waals surface area contributed by atoms with Gasteiger partial charge in [0.05, 0.1) is 6.10 Å². The Bertz CT molecular complexity index is 787. The Labute approximate surface area is 169 Å². The number of hydrogen-bond donors (Lipinski definition) is 2. The van der Waals surface area contributed by atoms with Crippen LogP contribution in [0.5, 0.6) is 5.75 Å². The number of carbonyl (C=O) groups is 2. The van der Waals surface area contributed by atoms with Crippen molar-refractivity contribution >= 4 is 23.4 Å². The fourth-order valence-electron chi connectivity index (χ4n) is 2.88. The number of halogens is 1. The van der Waals surface area contributed by atoms with Crippen molar-refractivity contribution in [1.82, 2.24) is 10.9 Å². The Hall–Kier alpha value is -2.57. The van der Waals surface area contributed by atoms with E-state index in [2.05, 4.69) is 10.9 Å². The lowest BCUT2D eigenvalue weighted by Crippen LogP contribution is -2.41. The van der Waals surface area contributed by atoms with Gasteiger partial charge >= 0.3 is 0 Å². The first-order chi connectivity index (χ1) is 13.6. The molecule has 2 N–H and O–H groups in total. The third-order valence-electron chi connectivity index (χ3n) is 4.47. The van der Waals surface area contributed by atoms with Gasteiger partial charge in [-0.3, -0.25) is 20.4 Å². The van der Waals surface area contributed by atoms with Crippen LogP contribution in [0.2, 0.25) is 5.02 Å². The van der Waals surface area contributed by atoms with Crippen molar-refractivity contribution < 1.29 is 19.1 Å². The van der Waals surface area contributed by atoms with Gasteiger partial charge in [0.2, 0.25) is 5.91 Å². The van der Waals surface area contributed by atoms with Gasteiger partial charge in [-0.25, -0.2) is 0 Å². The van der Waals surface area contributed by atoms with E-state index in [0.29, 0.717) is 30.0 Å². The van der Waals surface area contributed by atoms with Crippen LogP contribution < -0.4 is 15.6 Å². The maximum Gasteiger partial charge on any atom is 0.269 e. The smallest absolute Gasteiger partial charge is 0.269 e. The summed E-state index contributed by atoms with van der Waals surface area (Å²) in [5.41, 5.74) is 6.25. The number of amides is 2. The highest BCUT2D eigenvalue weighted by Gasteiger charge is 2.17. The Kier molecular flexibility index (Phi) is 7.28. The van der Waals surface area contributed by atoms with E-state index in [1.54, 1.807) is 36.4 Å². The van der Waals surface area contributed by atoms with E-state index in [0.717, 1.165) is 30.8 Å². The highest BCUT2D eigenvalue weighted by Crippen LogP contribution is 2.17. The van der Waals surface area contributed by atoms with Gasteiger partial charge < -0.3 is 9.47 Å². The van der Waals surface area contributed by atoms with E-state index in [1.165, 1.54) is 0 Å². The second-order valence-corrected chi connectivity index (χ2v) is 7.05. The van der Waals surface area contributed by atoms with Crippen LogP contribution in [0.4, 0.5) is 0 Å². The fourth-order valence-corrected chi connectivity index (χ4v) is 3.00. The molecule has 2 aromatic carbocycles. The highest BCUT2D eigenvalue weighted by atomic mass is 35.5. The minimum Gasteiger partial charge on any atom is -0.489 e. The first kappa shape index (κ1) is 20.2. The number of hydrazine groups is 1. The molecule has 0 radical (unpaired) electrons. The van der Waals surface area contributed by atoms with Crippen molar-refractivity contribution in [2.45, 2.75) is 38.4 Å². The molecule has 0 aromatic heterocycles. The van der Waals surface area contributed by atoms with Crippen molar-refractivity contribution in [2.75, 3.05) is 6.61 Å². The Morgan fingerprint density at radius 3 is 2.50 bits per heavy atom. The number of carbonyl (C=O) groups excluding carboxylic acids is 2. The Morgan fingerprint density at radius 2 is 1.82 bits per heavy atom. The molecule has 1 aliphatic heterocycles. The molecule has 6 nitrogen and oxygen atoms in total. The quantitative estimate of drug-likeness (QED) is 0.693. The van der Waals surface area contributed by atoms with E-state index < -0.39 is 0 Å². The van der Waals surface area contributed by atoms with E-state index in [-0.39, 0.29) is 17.9 Å². The van der Waals surface area contributed by atoms with Crippen LogP contribution in [0.25, 0.3) is 0 Å². The van der Waals surface area contributed by atoms with Gasteiger partial charge in [-0.2, -0.15) is 0 Å². The third kappa shape index (κ3) is 6.25. The maximum absolute atomic E-state index is 12.1. The molecule has 1 saturated heterocycles. The molecule has 2 aromatic rings. The molecule has 1 aliphatic rings. The van der Waals surface area contributed by atoms with Crippen molar-refractivity contribution in [3.63, 3.8) is 0 Å². The van der Waals surface area contributed by atoms with E-state index in [9.17, 15) is 9.59 Å². The highest BCUT2D eigenvalue weighted by molar-refractivity contribution is 6.30. The average Bonchev–Trinajstić information content (AvgIpc) is 3.24. The zero-order valence-corrected chi connectivity index (χ0v) is 16.2. The van der Waals surface area contributed by atoms with Crippen LogP contribution >= 0.6 is 11.6 Å². The molecule has 0 aliphatic carbocycles. The van der Waals surface area contributed by atoms with Gasteiger partial charge in [0.15, 0.2) is 0 Å². The maximum atomic E-state index is 12.1. The molecule has 28 heavy (non-hydrogen) atoms. The number of nitrogens with one attached hydrogen (secondary N) is 2. The van der Waals surface area contributed by atoms with Gasteiger partial charge in [0.1, 0.15) is 12.4 Å². The molecule has 0 bridgehead atoms. The minimum absolute atomic E-state index is 0.157. The van der Waals surface area contributed by atoms with Crippen LogP contribution in [-0.4, -0.2) is 24.5 Å². The van der Waals surface area contributed by atoms with Crippen molar-refractivity contribution in [3.8, 4) is 5.75 Å². The number of ether oxygens (including phenoxy) is 2. The van der Waals surface area contributed by atoms with Crippen LogP contribution in [0.3, 0.4) is 0 Å². The van der Waals surface area contributed by atoms with Gasteiger partial charge in [-0.1, -0.05) is 23.7 Å². The van der Waals surface area contributed by atoms with Gasteiger partial charge in [0.25, 0.3) is 5.91 Å². The molecule has 0 saturated carbocycles. The molecule has 148 valence electrons. The molecule has 0 spiro atoms. The van der Waals surface area contributed by atoms with E-state index in [4.69, 9.17) is 21.1 Å². The third-order valence-corrected chi connectivity index (χ3v) is 4.72. The average molecular weight is 403 g/mol. The van der Waals surface area contributed by atoms with Crippen molar-refractivity contribution in [1.29, 1.82) is 0 Å². The number of hydrogen-bond acceptors (Lipinski definition) is 4. The molecule has 1 fully saturated rings. The molecular weight excluding hydrogens is 380 g/mol. The summed E-state index contributed by atoms with van der Waals surface area (Å²) in [5.74, 6) is 0.129. The van der Waals surface area contributed by atoms with E-state index >= 15 is 0 Å². The largest absolute Gasteiger partial charge is 0.489 e. The molecule has 7 heteroatoms. The van der Waals surface area contributed by atoms with Gasteiger partial charge in [-0.15, -0.1) is 0 Å². The molecular formula is C21H23ClN2O4. The second-order valence-electron chi connectivity index (χ2n) is 6.62.